The Morgan fingerprint density at radius 2 is 2.29 bits per heavy atom. The second-order valence-electron chi connectivity index (χ2n) is 4.93. The number of carbonyl (C=O) groups is 2. The topological polar surface area (TPSA) is 63.6 Å². The molecule has 0 aliphatic heterocycles. The van der Waals surface area contributed by atoms with Gasteiger partial charge >= 0.3 is 5.97 Å². The molecule has 4 nitrogen and oxygen atoms in total. The number of hydrogen-bond donors (Lipinski definition) is 1. The second kappa shape index (κ2) is 6.15. The molecule has 0 heterocycles. The van der Waals surface area contributed by atoms with Gasteiger partial charge < -0.3 is 9.84 Å². The van der Waals surface area contributed by atoms with Crippen LogP contribution in [0.25, 0.3) is 0 Å². The van der Waals surface area contributed by atoms with Crippen LogP contribution in [0.2, 0.25) is 0 Å². The van der Waals surface area contributed by atoms with Gasteiger partial charge in [-0.15, -0.1) is 0 Å². The lowest BCUT2D eigenvalue weighted by atomic mass is 9.65. The lowest BCUT2D eigenvalue weighted by Gasteiger charge is -2.37. The number of ketones is 1. The van der Waals surface area contributed by atoms with E-state index in [0.717, 1.165) is 12.8 Å². The lowest BCUT2D eigenvalue weighted by molar-refractivity contribution is -0.149. The number of hydrogen-bond acceptors (Lipinski definition) is 4. The smallest absolute Gasteiger partial charge is 0.306 e. The van der Waals surface area contributed by atoms with Crippen LogP contribution in [0, 0.1) is 11.3 Å². The largest absolute Gasteiger partial charge is 0.469 e. The Labute approximate surface area is 102 Å². The molecule has 0 unspecified atom stereocenters. The van der Waals surface area contributed by atoms with Crippen LogP contribution in [0.3, 0.4) is 0 Å². The predicted molar refractivity (Wildman–Crippen MR) is 63.4 cm³/mol. The fraction of sp³-hybridized carbons (Fsp3) is 0.846. The second-order valence-corrected chi connectivity index (χ2v) is 4.93. The van der Waals surface area contributed by atoms with E-state index in [4.69, 9.17) is 5.11 Å². The molecule has 1 saturated carbocycles. The van der Waals surface area contributed by atoms with Crippen molar-refractivity contribution in [1.82, 2.24) is 0 Å². The number of carbonyl (C=O) groups excluding carboxylic acids is 2. The van der Waals surface area contributed by atoms with Crippen LogP contribution < -0.4 is 0 Å². The van der Waals surface area contributed by atoms with Crippen molar-refractivity contribution in [2.24, 2.45) is 11.3 Å². The number of rotatable bonds is 5. The first-order valence-corrected chi connectivity index (χ1v) is 6.29. The van der Waals surface area contributed by atoms with Gasteiger partial charge in [-0.2, -0.15) is 0 Å². The van der Waals surface area contributed by atoms with Crippen molar-refractivity contribution in [2.45, 2.75) is 45.4 Å². The molecule has 17 heavy (non-hydrogen) atoms. The fourth-order valence-corrected chi connectivity index (χ4v) is 2.66. The summed E-state index contributed by atoms with van der Waals surface area (Å²) in [5.41, 5.74) is -0.515. The number of aliphatic hydroxyl groups is 1. The zero-order chi connectivity index (χ0) is 12.9. The van der Waals surface area contributed by atoms with E-state index in [2.05, 4.69) is 4.74 Å². The third-order valence-corrected chi connectivity index (χ3v) is 4.02. The Hall–Kier alpha value is -0.900. The zero-order valence-corrected chi connectivity index (χ0v) is 10.7. The van der Waals surface area contributed by atoms with Crippen LogP contribution in [0.5, 0.6) is 0 Å². The van der Waals surface area contributed by atoms with Gasteiger partial charge in [0.15, 0.2) is 0 Å². The molecule has 2 atom stereocenters. The summed E-state index contributed by atoms with van der Waals surface area (Å²) in [6.07, 6.45) is 3.71. The summed E-state index contributed by atoms with van der Waals surface area (Å²) in [6, 6.07) is 0. The first-order valence-electron chi connectivity index (χ1n) is 6.29. The van der Waals surface area contributed by atoms with E-state index in [0.29, 0.717) is 19.3 Å². The summed E-state index contributed by atoms with van der Waals surface area (Å²) >= 11 is 0. The maximum atomic E-state index is 12.2. The summed E-state index contributed by atoms with van der Waals surface area (Å²) < 4.78 is 4.67. The van der Waals surface area contributed by atoms with Crippen molar-refractivity contribution in [2.75, 3.05) is 13.7 Å². The Kier molecular flexibility index (Phi) is 5.12. The van der Waals surface area contributed by atoms with E-state index in [9.17, 15) is 9.59 Å². The summed E-state index contributed by atoms with van der Waals surface area (Å²) in [5, 5.41) is 8.89. The van der Waals surface area contributed by atoms with Gasteiger partial charge in [0.1, 0.15) is 5.78 Å². The minimum absolute atomic E-state index is 0.133. The molecule has 0 spiro atoms. The van der Waals surface area contributed by atoms with Crippen molar-refractivity contribution in [3.8, 4) is 0 Å². The molecule has 0 aromatic rings. The highest BCUT2D eigenvalue weighted by Crippen LogP contribution is 2.42. The SMILES string of the molecule is CC[C@@]1(CC(=O)OC)CC[C@H](CCO)CC1=O. The van der Waals surface area contributed by atoms with Crippen molar-refractivity contribution in [3.05, 3.63) is 0 Å². The van der Waals surface area contributed by atoms with Gasteiger partial charge in [-0.3, -0.25) is 9.59 Å². The van der Waals surface area contributed by atoms with E-state index in [1.165, 1.54) is 7.11 Å². The molecule has 0 aromatic carbocycles. The molecule has 1 rings (SSSR count). The molecule has 0 bridgehead atoms. The van der Waals surface area contributed by atoms with Crippen molar-refractivity contribution >= 4 is 11.8 Å². The minimum Gasteiger partial charge on any atom is -0.469 e. The third-order valence-electron chi connectivity index (χ3n) is 4.02. The fourth-order valence-electron chi connectivity index (χ4n) is 2.66. The molecular weight excluding hydrogens is 220 g/mol. The van der Waals surface area contributed by atoms with E-state index >= 15 is 0 Å². The molecule has 4 heteroatoms. The minimum atomic E-state index is -0.515. The molecule has 1 N–H and O–H groups in total. The average molecular weight is 242 g/mol. The number of ether oxygens (including phenoxy) is 1. The van der Waals surface area contributed by atoms with Crippen LogP contribution in [-0.4, -0.2) is 30.6 Å². The Morgan fingerprint density at radius 1 is 1.59 bits per heavy atom. The molecule has 0 aromatic heterocycles. The van der Waals surface area contributed by atoms with Gasteiger partial charge in [-0.25, -0.2) is 0 Å². The van der Waals surface area contributed by atoms with Crippen LogP contribution in [0.15, 0.2) is 0 Å². The van der Waals surface area contributed by atoms with Gasteiger partial charge in [0.25, 0.3) is 0 Å². The summed E-state index contributed by atoms with van der Waals surface area (Å²) in [4.78, 5) is 23.6. The molecular formula is C13H22O4. The molecule has 1 aliphatic rings. The number of aliphatic hydroxyl groups excluding tert-OH is 1. The van der Waals surface area contributed by atoms with Crippen molar-refractivity contribution < 1.29 is 19.4 Å². The van der Waals surface area contributed by atoms with Crippen LogP contribution in [0.1, 0.15) is 45.4 Å². The summed E-state index contributed by atoms with van der Waals surface area (Å²) in [7, 11) is 1.35. The maximum absolute atomic E-state index is 12.2. The van der Waals surface area contributed by atoms with Crippen LogP contribution >= 0.6 is 0 Å². The average Bonchev–Trinajstić information content (AvgIpc) is 2.33. The number of Topliss-reactive ketones (excluding diaryl/α,β-unsaturated/α-hetero) is 1. The highest BCUT2D eigenvalue weighted by Gasteiger charge is 2.42. The molecule has 1 fully saturated rings. The number of esters is 1. The van der Waals surface area contributed by atoms with E-state index in [1.54, 1.807) is 0 Å². The molecule has 98 valence electrons. The van der Waals surface area contributed by atoms with Crippen LogP contribution in [-0.2, 0) is 14.3 Å². The predicted octanol–water partition coefficient (Wildman–Crippen LogP) is 1.70. The zero-order valence-electron chi connectivity index (χ0n) is 10.7. The van der Waals surface area contributed by atoms with Crippen molar-refractivity contribution in [1.29, 1.82) is 0 Å². The first kappa shape index (κ1) is 14.2. The van der Waals surface area contributed by atoms with Gasteiger partial charge in [-0.1, -0.05) is 6.92 Å². The molecule has 0 saturated heterocycles. The first-order chi connectivity index (χ1) is 8.07. The van der Waals surface area contributed by atoms with Gasteiger partial charge in [0.05, 0.1) is 13.5 Å². The van der Waals surface area contributed by atoms with Crippen LogP contribution in [0.4, 0.5) is 0 Å². The monoisotopic (exact) mass is 242 g/mol. The Balaban J connectivity index is 2.68. The van der Waals surface area contributed by atoms with Gasteiger partial charge in [0.2, 0.25) is 0 Å². The molecule has 1 aliphatic carbocycles. The van der Waals surface area contributed by atoms with E-state index in [-0.39, 0.29) is 30.7 Å². The molecule has 0 amide bonds. The standard InChI is InChI=1S/C13H22O4/c1-3-13(9-12(16)17-2)6-4-10(5-7-14)8-11(13)15/h10,14H,3-9H2,1-2H3/t10-,13+/m1/s1. The normalized spacial score (nSPS) is 29.1. The van der Waals surface area contributed by atoms with E-state index < -0.39 is 5.41 Å². The van der Waals surface area contributed by atoms with Gasteiger partial charge in [0, 0.05) is 18.4 Å². The lowest BCUT2D eigenvalue weighted by Crippen LogP contribution is -2.39. The third kappa shape index (κ3) is 3.28. The maximum Gasteiger partial charge on any atom is 0.306 e. The van der Waals surface area contributed by atoms with E-state index in [1.807, 2.05) is 6.92 Å². The summed E-state index contributed by atoms with van der Waals surface area (Å²) in [5.74, 6) is 0.140. The highest BCUT2D eigenvalue weighted by molar-refractivity contribution is 5.89. The van der Waals surface area contributed by atoms with Gasteiger partial charge in [-0.05, 0) is 31.6 Å². The van der Waals surface area contributed by atoms with Crippen molar-refractivity contribution in [3.63, 3.8) is 0 Å². The number of methoxy groups -OCH3 is 1. The summed E-state index contributed by atoms with van der Waals surface area (Å²) in [6.45, 7) is 2.08. The quantitative estimate of drug-likeness (QED) is 0.745. The Bertz CT molecular complexity index is 287. The Morgan fingerprint density at radius 3 is 2.76 bits per heavy atom. The highest BCUT2D eigenvalue weighted by atomic mass is 16.5. The molecule has 0 radical (unpaired) electrons.